The Hall–Kier alpha value is -3.43. The first-order chi connectivity index (χ1) is 16.2. The van der Waals surface area contributed by atoms with Crippen molar-refractivity contribution in [3.63, 3.8) is 0 Å². The number of benzene rings is 3. The van der Waals surface area contributed by atoms with Crippen molar-refractivity contribution in [2.45, 2.75) is 18.7 Å². The van der Waals surface area contributed by atoms with Gasteiger partial charge in [-0.25, -0.2) is 8.42 Å². The first-order valence-electron chi connectivity index (χ1n) is 10.3. The number of amides is 1. The van der Waals surface area contributed by atoms with Crippen LogP contribution in [0.3, 0.4) is 0 Å². The lowest BCUT2D eigenvalue weighted by molar-refractivity contribution is -0.118. The van der Waals surface area contributed by atoms with Gasteiger partial charge in [-0.3, -0.25) is 9.52 Å². The number of sulfonamides is 1. The fourth-order valence-electron chi connectivity index (χ4n) is 3.02. The molecule has 0 saturated heterocycles. The van der Waals surface area contributed by atoms with Crippen molar-refractivity contribution in [3.8, 4) is 17.2 Å². The van der Waals surface area contributed by atoms with Gasteiger partial charge in [0.1, 0.15) is 10.6 Å². The second kappa shape index (κ2) is 11.1. The molecule has 0 atom stereocenters. The van der Waals surface area contributed by atoms with E-state index in [0.717, 1.165) is 5.56 Å². The molecule has 8 nitrogen and oxygen atoms in total. The molecule has 0 radical (unpaired) electrons. The van der Waals surface area contributed by atoms with Crippen molar-refractivity contribution in [3.05, 3.63) is 71.2 Å². The molecule has 0 bridgehead atoms. The molecule has 34 heavy (non-hydrogen) atoms. The SMILES string of the molecule is CCOc1ccc(NS(=O)(=O)c2cc(NC(=O)COc3ccc(C)cc3OC)ccc2Cl)cc1. The molecule has 0 aliphatic heterocycles. The highest BCUT2D eigenvalue weighted by molar-refractivity contribution is 7.92. The minimum Gasteiger partial charge on any atom is -0.494 e. The number of halogens is 1. The van der Waals surface area contributed by atoms with E-state index < -0.39 is 15.9 Å². The summed E-state index contributed by atoms with van der Waals surface area (Å²) >= 11 is 6.15. The molecule has 0 spiro atoms. The van der Waals surface area contributed by atoms with Crippen LogP contribution in [0, 0.1) is 6.92 Å². The molecule has 0 aliphatic rings. The van der Waals surface area contributed by atoms with Gasteiger partial charge in [-0.05, 0) is 74.0 Å². The molecule has 3 aromatic carbocycles. The molecule has 0 saturated carbocycles. The van der Waals surface area contributed by atoms with Crippen LogP contribution in [0.4, 0.5) is 11.4 Å². The summed E-state index contributed by atoms with van der Waals surface area (Å²) in [5.41, 5.74) is 1.58. The van der Waals surface area contributed by atoms with E-state index >= 15 is 0 Å². The summed E-state index contributed by atoms with van der Waals surface area (Å²) in [5.74, 6) is 1.07. The molecule has 1 amide bonds. The van der Waals surface area contributed by atoms with E-state index in [1.807, 2.05) is 19.9 Å². The van der Waals surface area contributed by atoms with Gasteiger partial charge in [0.15, 0.2) is 18.1 Å². The lowest BCUT2D eigenvalue weighted by Crippen LogP contribution is -2.21. The van der Waals surface area contributed by atoms with Gasteiger partial charge in [-0.15, -0.1) is 0 Å². The minimum absolute atomic E-state index is 0.0112. The smallest absolute Gasteiger partial charge is 0.263 e. The Kier molecular flexibility index (Phi) is 8.25. The van der Waals surface area contributed by atoms with E-state index in [2.05, 4.69) is 10.0 Å². The van der Waals surface area contributed by atoms with E-state index in [1.54, 1.807) is 36.4 Å². The molecule has 10 heteroatoms. The second-order valence-electron chi connectivity index (χ2n) is 7.20. The molecular formula is C24H25ClN2O6S. The number of nitrogens with one attached hydrogen (secondary N) is 2. The largest absolute Gasteiger partial charge is 0.494 e. The fraction of sp³-hybridized carbons (Fsp3) is 0.208. The van der Waals surface area contributed by atoms with E-state index in [0.29, 0.717) is 29.5 Å². The lowest BCUT2D eigenvalue weighted by atomic mass is 10.2. The van der Waals surface area contributed by atoms with Crippen LogP contribution in [0.25, 0.3) is 0 Å². The number of ether oxygens (including phenoxy) is 3. The van der Waals surface area contributed by atoms with Gasteiger partial charge in [-0.2, -0.15) is 0 Å². The molecule has 0 aliphatic carbocycles. The fourth-order valence-corrected chi connectivity index (χ4v) is 4.60. The third-order valence-electron chi connectivity index (χ3n) is 4.60. The van der Waals surface area contributed by atoms with Crippen molar-refractivity contribution < 1.29 is 27.4 Å². The number of hydrogen-bond donors (Lipinski definition) is 2. The third-order valence-corrected chi connectivity index (χ3v) is 6.46. The monoisotopic (exact) mass is 504 g/mol. The summed E-state index contributed by atoms with van der Waals surface area (Å²) in [4.78, 5) is 12.2. The average Bonchev–Trinajstić information content (AvgIpc) is 2.80. The topological polar surface area (TPSA) is 103 Å². The van der Waals surface area contributed by atoms with Crippen LogP contribution in [0.5, 0.6) is 17.2 Å². The second-order valence-corrected chi connectivity index (χ2v) is 9.26. The minimum atomic E-state index is -4.02. The maximum atomic E-state index is 12.9. The molecule has 3 rings (SSSR count). The van der Waals surface area contributed by atoms with Crippen molar-refractivity contribution in [1.29, 1.82) is 0 Å². The Bertz CT molecular complexity index is 1260. The van der Waals surface area contributed by atoms with Crippen LogP contribution in [0.2, 0.25) is 5.02 Å². The van der Waals surface area contributed by atoms with Crippen LogP contribution in [0.15, 0.2) is 65.6 Å². The highest BCUT2D eigenvalue weighted by atomic mass is 35.5. The molecule has 0 fully saturated rings. The van der Waals surface area contributed by atoms with Crippen molar-refractivity contribution in [2.75, 3.05) is 30.4 Å². The number of rotatable bonds is 10. The van der Waals surface area contributed by atoms with Gasteiger partial charge in [0, 0.05) is 11.4 Å². The van der Waals surface area contributed by atoms with Gasteiger partial charge in [0.25, 0.3) is 15.9 Å². The maximum Gasteiger partial charge on any atom is 0.263 e. The van der Waals surface area contributed by atoms with Crippen molar-refractivity contribution in [2.24, 2.45) is 0 Å². The Morgan fingerprint density at radius 3 is 2.32 bits per heavy atom. The summed E-state index contributed by atoms with van der Waals surface area (Å²) in [6, 6.07) is 16.0. The molecule has 180 valence electrons. The van der Waals surface area contributed by atoms with Crippen molar-refractivity contribution in [1.82, 2.24) is 0 Å². The van der Waals surface area contributed by atoms with Crippen molar-refractivity contribution >= 4 is 38.9 Å². The van der Waals surface area contributed by atoms with Crippen LogP contribution >= 0.6 is 11.6 Å². The van der Waals surface area contributed by atoms with Crippen LogP contribution in [-0.2, 0) is 14.8 Å². The zero-order chi connectivity index (χ0) is 24.7. The van der Waals surface area contributed by atoms with E-state index in [4.69, 9.17) is 25.8 Å². The molecule has 3 aromatic rings. The summed E-state index contributed by atoms with van der Waals surface area (Å²) in [7, 11) is -2.50. The normalized spacial score (nSPS) is 10.9. The van der Waals surface area contributed by atoms with Crippen LogP contribution < -0.4 is 24.2 Å². The number of carbonyl (C=O) groups is 1. The van der Waals surface area contributed by atoms with Gasteiger partial charge in [-0.1, -0.05) is 17.7 Å². The third kappa shape index (κ3) is 6.55. The summed E-state index contributed by atoms with van der Waals surface area (Å²) in [6.45, 7) is 3.98. The predicted molar refractivity (Wildman–Crippen MR) is 132 cm³/mol. The average molecular weight is 505 g/mol. The number of aryl methyl sites for hydroxylation is 1. The number of anilines is 2. The lowest BCUT2D eigenvalue weighted by Gasteiger charge is -2.13. The van der Waals surface area contributed by atoms with E-state index in [9.17, 15) is 13.2 Å². The highest BCUT2D eigenvalue weighted by Gasteiger charge is 2.20. The maximum absolute atomic E-state index is 12.9. The summed E-state index contributed by atoms with van der Waals surface area (Å²) in [5, 5.41) is 2.63. The van der Waals surface area contributed by atoms with Gasteiger partial charge in [0.2, 0.25) is 0 Å². The number of hydrogen-bond acceptors (Lipinski definition) is 6. The molecule has 2 N–H and O–H groups in total. The van der Waals surface area contributed by atoms with Crippen LogP contribution in [0.1, 0.15) is 12.5 Å². The Morgan fingerprint density at radius 2 is 1.65 bits per heavy atom. The Balaban J connectivity index is 1.69. The van der Waals surface area contributed by atoms with Gasteiger partial charge >= 0.3 is 0 Å². The first-order valence-corrected chi connectivity index (χ1v) is 12.2. The number of carbonyl (C=O) groups excluding carboxylic acids is 1. The molecule has 0 heterocycles. The Labute approximate surface area is 203 Å². The number of methoxy groups -OCH3 is 1. The molecular weight excluding hydrogens is 480 g/mol. The Morgan fingerprint density at radius 1 is 0.941 bits per heavy atom. The van der Waals surface area contributed by atoms with E-state index in [1.165, 1.54) is 25.3 Å². The highest BCUT2D eigenvalue weighted by Crippen LogP contribution is 2.29. The van der Waals surface area contributed by atoms with E-state index in [-0.39, 0.29) is 22.2 Å². The van der Waals surface area contributed by atoms with Gasteiger partial charge < -0.3 is 19.5 Å². The standard InChI is InChI=1S/C24H25ClN2O6S/c1-4-32-19-9-6-17(7-10-19)27-34(29,30)23-14-18(8-11-20(23)25)26-24(28)15-33-21-12-5-16(2)13-22(21)31-3/h5-14,27H,4,15H2,1-3H3,(H,26,28). The summed E-state index contributed by atoms with van der Waals surface area (Å²) in [6.07, 6.45) is 0. The predicted octanol–water partition coefficient (Wildman–Crippen LogP) is 4.87. The zero-order valence-electron chi connectivity index (χ0n) is 18.9. The summed E-state index contributed by atoms with van der Waals surface area (Å²) < 4.78 is 44.4. The van der Waals surface area contributed by atoms with Crippen LogP contribution in [-0.4, -0.2) is 34.6 Å². The first kappa shape index (κ1) is 25.2. The quantitative estimate of drug-likeness (QED) is 0.408. The molecule has 0 unspecified atom stereocenters. The van der Waals surface area contributed by atoms with Gasteiger partial charge in [0.05, 0.1) is 18.7 Å². The molecule has 0 aromatic heterocycles. The zero-order valence-corrected chi connectivity index (χ0v) is 20.5.